The lowest BCUT2D eigenvalue weighted by Crippen LogP contribution is -2.41. The monoisotopic (exact) mass is 286 g/mol. The standard InChI is InChI=1S/C12H18N2O4S/c1-12(2,3)9-5-7-10(8-6-9)19(16,17)14-13-11(15)18-4/h5-8,14H,1-4H3,(H,13,15). The third kappa shape index (κ3) is 4.22. The SMILES string of the molecule is COC(=O)NNS(=O)(=O)c1ccc(C(C)(C)C)cc1. The normalized spacial score (nSPS) is 12.0. The Labute approximate surface area is 113 Å². The molecule has 2 N–H and O–H groups in total. The predicted octanol–water partition coefficient (Wildman–Crippen LogP) is 1.53. The van der Waals surface area contributed by atoms with Crippen molar-refractivity contribution in [1.82, 2.24) is 10.3 Å². The highest BCUT2D eigenvalue weighted by molar-refractivity contribution is 7.89. The Morgan fingerprint density at radius 3 is 2.11 bits per heavy atom. The summed E-state index contributed by atoms with van der Waals surface area (Å²) in [6.45, 7) is 6.11. The van der Waals surface area contributed by atoms with Crippen molar-refractivity contribution in [1.29, 1.82) is 0 Å². The van der Waals surface area contributed by atoms with Gasteiger partial charge < -0.3 is 4.74 Å². The Balaban J connectivity index is 2.88. The van der Waals surface area contributed by atoms with Gasteiger partial charge in [0.2, 0.25) is 0 Å². The zero-order valence-corrected chi connectivity index (χ0v) is 12.2. The fraction of sp³-hybridized carbons (Fsp3) is 0.417. The van der Waals surface area contributed by atoms with Crippen LogP contribution in [0.4, 0.5) is 4.79 Å². The second kappa shape index (κ2) is 5.58. The van der Waals surface area contributed by atoms with Crippen LogP contribution in [0, 0.1) is 0 Å². The van der Waals surface area contributed by atoms with Gasteiger partial charge in [-0.05, 0) is 23.1 Å². The maximum atomic E-state index is 11.8. The fourth-order valence-corrected chi connectivity index (χ4v) is 2.18. The number of rotatable bonds is 3. The summed E-state index contributed by atoms with van der Waals surface area (Å²) in [6, 6.07) is 6.46. The lowest BCUT2D eigenvalue weighted by atomic mass is 9.87. The van der Waals surface area contributed by atoms with Crippen LogP contribution in [-0.4, -0.2) is 21.6 Å². The summed E-state index contributed by atoms with van der Waals surface area (Å²) < 4.78 is 27.9. The second-order valence-corrected chi connectivity index (χ2v) is 6.68. The van der Waals surface area contributed by atoms with E-state index in [0.717, 1.165) is 12.7 Å². The number of amides is 1. The molecule has 7 heteroatoms. The van der Waals surface area contributed by atoms with Crippen LogP contribution in [0.25, 0.3) is 0 Å². The first-order valence-electron chi connectivity index (χ1n) is 5.63. The number of ether oxygens (including phenoxy) is 1. The molecule has 0 unspecified atom stereocenters. The number of carbonyl (C=O) groups is 1. The molecule has 0 spiro atoms. The van der Waals surface area contributed by atoms with Gasteiger partial charge in [0, 0.05) is 0 Å². The van der Waals surface area contributed by atoms with Gasteiger partial charge in [-0.1, -0.05) is 32.9 Å². The van der Waals surface area contributed by atoms with Gasteiger partial charge >= 0.3 is 6.09 Å². The van der Waals surface area contributed by atoms with E-state index in [9.17, 15) is 13.2 Å². The summed E-state index contributed by atoms with van der Waals surface area (Å²) in [4.78, 5) is 12.8. The molecule has 0 bridgehead atoms. The molecule has 0 aliphatic heterocycles. The van der Waals surface area contributed by atoms with E-state index < -0.39 is 16.1 Å². The van der Waals surface area contributed by atoms with Crippen molar-refractivity contribution >= 4 is 16.1 Å². The molecule has 0 fully saturated rings. The largest absolute Gasteiger partial charge is 0.452 e. The van der Waals surface area contributed by atoms with Gasteiger partial charge in [-0.25, -0.2) is 18.6 Å². The highest BCUT2D eigenvalue weighted by Crippen LogP contribution is 2.23. The number of nitrogens with one attached hydrogen (secondary N) is 2. The number of hydrogen-bond acceptors (Lipinski definition) is 4. The van der Waals surface area contributed by atoms with E-state index in [1.807, 2.05) is 31.0 Å². The number of benzene rings is 1. The zero-order chi connectivity index (χ0) is 14.7. The molecule has 0 radical (unpaired) electrons. The van der Waals surface area contributed by atoms with E-state index in [-0.39, 0.29) is 10.3 Å². The molecule has 0 heterocycles. The quantitative estimate of drug-likeness (QED) is 0.825. The van der Waals surface area contributed by atoms with E-state index in [0.29, 0.717) is 0 Å². The molecule has 1 aromatic carbocycles. The molecule has 1 rings (SSSR count). The van der Waals surface area contributed by atoms with Crippen molar-refractivity contribution in [2.24, 2.45) is 0 Å². The van der Waals surface area contributed by atoms with Crippen molar-refractivity contribution in [3.05, 3.63) is 29.8 Å². The van der Waals surface area contributed by atoms with Gasteiger partial charge in [0.05, 0.1) is 12.0 Å². The highest BCUT2D eigenvalue weighted by Gasteiger charge is 2.18. The Kier molecular flexibility index (Phi) is 4.54. The van der Waals surface area contributed by atoms with Crippen molar-refractivity contribution in [3.8, 4) is 0 Å². The molecule has 106 valence electrons. The van der Waals surface area contributed by atoms with Gasteiger partial charge in [-0.2, -0.15) is 0 Å². The molecule has 0 atom stereocenters. The van der Waals surface area contributed by atoms with Crippen molar-refractivity contribution < 1.29 is 17.9 Å². The van der Waals surface area contributed by atoms with Crippen molar-refractivity contribution in [2.75, 3.05) is 7.11 Å². The van der Waals surface area contributed by atoms with Crippen molar-refractivity contribution in [2.45, 2.75) is 31.1 Å². The van der Waals surface area contributed by atoms with Crippen LogP contribution in [0.1, 0.15) is 26.3 Å². The highest BCUT2D eigenvalue weighted by atomic mass is 32.2. The van der Waals surface area contributed by atoms with Crippen LogP contribution in [-0.2, 0) is 20.2 Å². The Bertz CT molecular complexity index is 544. The minimum absolute atomic E-state index is 0.0556. The number of hydrazine groups is 1. The third-order valence-electron chi connectivity index (χ3n) is 2.50. The molecular weight excluding hydrogens is 268 g/mol. The minimum atomic E-state index is -3.79. The molecule has 1 aromatic rings. The summed E-state index contributed by atoms with van der Waals surface area (Å²) in [5.41, 5.74) is 2.88. The van der Waals surface area contributed by atoms with E-state index in [4.69, 9.17) is 0 Å². The van der Waals surface area contributed by atoms with Crippen LogP contribution in [0.2, 0.25) is 0 Å². The first-order chi connectivity index (χ1) is 8.66. The van der Waals surface area contributed by atoms with Crippen molar-refractivity contribution in [3.63, 3.8) is 0 Å². The molecule has 0 aromatic heterocycles. The number of methoxy groups -OCH3 is 1. The van der Waals surface area contributed by atoms with Crippen LogP contribution >= 0.6 is 0 Å². The first-order valence-corrected chi connectivity index (χ1v) is 7.11. The Morgan fingerprint density at radius 1 is 1.16 bits per heavy atom. The predicted molar refractivity (Wildman–Crippen MR) is 71.0 cm³/mol. The molecule has 0 saturated heterocycles. The third-order valence-corrected chi connectivity index (χ3v) is 3.77. The lowest BCUT2D eigenvalue weighted by molar-refractivity contribution is 0.169. The number of carbonyl (C=O) groups excluding carboxylic acids is 1. The topological polar surface area (TPSA) is 84.5 Å². The van der Waals surface area contributed by atoms with Crippen LogP contribution < -0.4 is 10.3 Å². The molecule has 0 aliphatic rings. The molecule has 0 aliphatic carbocycles. The summed E-state index contributed by atoms with van der Waals surface area (Å²) in [6.07, 6.45) is -0.880. The van der Waals surface area contributed by atoms with Crippen LogP contribution in [0.15, 0.2) is 29.2 Å². The smallest absolute Gasteiger partial charge is 0.422 e. The minimum Gasteiger partial charge on any atom is -0.452 e. The maximum absolute atomic E-state index is 11.8. The second-order valence-electron chi connectivity index (χ2n) is 5.00. The zero-order valence-electron chi connectivity index (χ0n) is 11.4. The average Bonchev–Trinajstić information content (AvgIpc) is 2.35. The van der Waals surface area contributed by atoms with Crippen LogP contribution in [0.3, 0.4) is 0 Å². The summed E-state index contributed by atoms with van der Waals surface area (Å²) in [5.74, 6) is 0. The number of hydrogen-bond donors (Lipinski definition) is 2. The van der Waals surface area contributed by atoms with E-state index in [1.54, 1.807) is 12.1 Å². The molecule has 6 nitrogen and oxygen atoms in total. The van der Waals surface area contributed by atoms with Gasteiger partial charge in [0.1, 0.15) is 0 Å². The summed E-state index contributed by atoms with van der Waals surface area (Å²) in [7, 11) is -2.65. The van der Waals surface area contributed by atoms with E-state index in [1.165, 1.54) is 12.1 Å². The first kappa shape index (κ1) is 15.5. The van der Waals surface area contributed by atoms with Gasteiger partial charge in [-0.15, -0.1) is 4.83 Å². The van der Waals surface area contributed by atoms with Gasteiger partial charge in [0.25, 0.3) is 10.0 Å². The van der Waals surface area contributed by atoms with Crippen LogP contribution in [0.5, 0.6) is 0 Å². The summed E-state index contributed by atoms with van der Waals surface area (Å²) >= 11 is 0. The Morgan fingerprint density at radius 2 is 1.68 bits per heavy atom. The maximum Gasteiger partial charge on any atom is 0.422 e. The molecule has 1 amide bonds. The van der Waals surface area contributed by atoms with E-state index >= 15 is 0 Å². The van der Waals surface area contributed by atoms with Gasteiger partial charge in [-0.3, -0.25) is 0 Å². The Hall–Kier alpha value is -1.60. The summed E-state index contributed by atoms with van der Waals surface area (Å²) in [5, 5.41) is 0. The van der Waals surface area contributed by atoms with E-state index in [2.05, 4.69) is 4.74 Å². The molecular formula is C12H18N2O4S. The van der Waals surface area contributed by atoms with Gasteiger partial charge in [0.15, 0.2) is 0 Å². The lowest BCUT2D eigenvalue weighted by Gasteiger charge is -2.19. The fourth-order valence-electron chi connectivity index (χ4n) is 1.35. The molecule has 19 heavy (non-hydrogen) atoms. The number of sulfonamides is 1. The molecule has 0 saturated carbocycles. The average molecular weight is 286 g/mol.